The number of carbonyl (C=O) groups is 3. The lowest BCUT2D eigenvalue weighted by molar-refractivity contribution is -0.147. The highest BCUT2D eigenvalue weighted by Gasteiger charge is 2.35. The average molecular weight is 347 g/mol. The molecule has 136 valence electrons. The van der Waals surface area contributed by atoms with Crippen LogP contribution in [0.15, 0.2) is 24.3 Å². The zero-order valence-corrected chi connectivity index (χ0v) is 14.7. The second kappa shape index (κ2) is 8.65. The standard InChI is InChI=1S/C19H25NO5/c1-12(2)11-25-19(24)13-7-9-14(10-8-13)20-17(21)15-5-3-4-6-16(15)18(22)23/h7-10,12,15-16H,3-6,11H2,1-2H3,(H,20,21)(H,22,23). The number of nitrogens with one attached hydrogen (secondary N) is 1. The Labute approximate surface area is 147 Å². The highest BCUT2D eigenvalue weighted by molar-refractivity contribution is 5.96. The molecule has 0 radical (unpaired) electrons. The number of aliphatic carboxylic acids is 1. The van der Waals surface area contributed by atoms with Gasteiger partial charge in [-0.25, -0.2) is 4.79 Å². The quantitative estimate of drug-likeness (QED) is 0.770. The maximum Gasteiger partial charge on any atom is 0.338 e. The van der Waals surface area contributed by atoms with Crippen LogP contribution in [0.3, 0.4) is 0 Å². The number of carboxylic acid groups (broad SMARTS) is 1. The normalized spacial score (nSPS) is 20.1. The van der Waals surface area contributed by atoms with Gasteiger partial charge in [0.15, 0.2) is 0 Å². The monoisotopic (exact) mass is 347 g/mol. The first-order valence-electron chi connectivity index (χ1n) is 8.69. The lowest BCUT2D eigenvalue weighted by Crippen LogP contribution is -2.36. The molecule has 0 bridgehead atoms. The number of esters is 1. The van der Waals surface area contributed by atoms with Crippen LogP contribution in [0.4, 0.5) is 5.69 Å². The predicted octanol–water partition coefficient (Wildman–Crippen LogP) is 3.33. The van der Waals surface area contributed by atoms with Gasteiger partial charge in [0.2, 0.25) is 5.91 Å². The summed E-state index contributed by atoms with van der Waals surface area (Å²) in [5.74, 6) is -2.46. The number of rotatable bonds is 6. The number of hydrogen-bond acceptors (Lipinski definition) is 4. The molecule has 1 aromatic carbocycles. The number of amides is 1. The summed E-state index contributed by atoms with van der Waals surface area (Å²) in [5.41, 5.74) is 0.958. The van der Waals surface area contributed by atoms with Crippen molar-refractivity contribution in [2.24, 2.45) is 17.8 Å². The van der Waals surface area contributed by atoms with Gasteiger partial charge in [0.05, 0.1) is 24.0 Å². The molecule has 1 aliphatic carbocycles. The molecule has 6 nitrogen and oxygen atoms in total. The Balaban J connectivity index is 1.97. The maximum absolute atomic E-state index is 12.4. The Hall–Kier alpha value is -2.37. The molecule has 25 heavy (non-hydrogen) atoms. The molecule has 6 heteroatoms. The van der Waals surface area contributed by atoms with E-state index >= 15 is 0 Å². The van der Waals surface area contributed by atoms with Crippen molar-refractivity contribution in [1.82, 2.24) is 0 Å². The van der Waals surface area contributed by atoms with E-state index in [1.54, 1.807) is 24.3 Å². The molecule has 0 spiro atoms. The molecule has 1 aromatic rings. The largest absolute Gasteiger partial charge is 0.481 e. The van der Waals surface area contributed by atoms with Gasteiger partial charge in [-0.05, 0) is 43.0 Å². The highest BCUT2D eigenvalue weighted by atomic mass is 16.5. The topological polar surface area (TPSA) is 92.7 Å². The van der Waals surface area contributed by atoms with Crippen molar-refractivity contribution in [2.75, 3.05) is 11.9 Å². The maximum atomic E-state index is 12.4. The average Bonchev–Trinajstić information content (AvgIpc) is 2.60. The van der Waals surface area contributed by atoms with E-state index in [9.17, 15) is 19.5 Å². The second-order valence-corrected chi connectivity index (χ2v) is 6.89. The summed E-state index contributed by atoms with van der Waals surface area (Å²) in [7, 11) is 0. The fourth-order valence-electron chi connectivity index (χ4n) is 2.99. The Kier molecular flexibility index (Phi) is 6.56. The molecule has 2 unspecified atom stereocenters. The third kappa shape index (κ3) is 5.31. The van der Waals surface area contributed by atoms with E-state index in [0.29, 0.717) is 30.7 Å². The van der Waals surface area contributed by atoms with Crippen molar-refractivity contribution < 1.29 is 24.2 Å². The molecule has 1 amide bonds. The molecule has 0 saturated heterocycles. The summed E-state index contributed by atoms with van der Waals surface area (Å²) in [6.07, 6.45) is 2.83. The van der Waals surface area contributed by atoms with Gasteiger partial charge >= 0.3 is 11.9 Å². The molecule has 2 atom stereocenters. The van der Waals surface area contributed by atoms with Gasteiger partial charge in [0.25, 0.3) is 0 Å². The van der Waals surface area contributed by atoms with E-state index < -0.39 is 23.8 Å². The number of carbonyl (C=O) groups excluding carboxylic acids is 2. The van der Waals surface area contributed by atoms with Crippen LogP contribution in [0.25, 0.3) is 0 Å². The van der Waals surface area contributed by atoms with Gasteiger partial charge in [-0.15, -0.1) is 0 Å². The first-order valence-corrected chi connectivity index (χ1v) is 8.69. The van der Waals surface area contributed by atoms with Gasteiger partial charge < -0.3 is 15.2 Å². The fourth-order valence-corrected chi connectivity index (χ4v) is 2.99. The molecular formula is C19H25NO5. The minimum atomic E-state index is -0.914. The summed E-state index contributed by atoms with van der Waals surface area (Å²) in [5, 5.41) is 12.0. The molecule has 1 fully saturated rings. The van der Waals surface area contributed by atoms with Crippen LogP contribution in [0.1, 0.15) is 49.9 Å². The van der Waals surface area contributed by atoms with E-state index in [1.807, 2.05) is 13.8 Å². The van der Waals surface area contributed by atoms with Crippen LogP contribution in [0, 0.1) is 17.8 Å². The van der Waals surface area contributed by atoms with Crippen LogP contribution < -0.4 is 5.32 Å². The van der Waals surface area contributed by atoms with Crippen molar-refractivity contribution in [3.8, 4) is 0 Å². The number of anilines is 1. The lowest BCUT2D eigenvalue weighted by Gasteiger charge is -2.27. The molecule has 2 rings (SSSR count). The fraction of sp³-hybridized carbons (Fsp3) is 0.526. The molecular weight excluding hydrogens is 322 g/mol. The lowest BCUT2D eigenvalue weighted by atomic mass is 9.78. The van der Waals surface area contributed by atoms with Crippen molar-refractivity contribution in [3.63, 3.8) is 0 Å². The van der Waals surface area contributed by atoms with Crippen LogP contribution in [0.5, 0.6) is 0 Å². The van der Waals surface area contributed by atoms with E-state index in [0.717, 1.165) is 12.8 Å². The van der Waals surface area contributed by atoms with Gasteiger partial charge in [-0.2, -0.15) is 0 Å². The van der Waals surface area contributed by atoms with Crippen LogP contribution in [-0.4, -0.2) is 29.6 Å². The molecule has 0 aromatic heterocycles. The molecule has 0 heterocycles. The first-order chi connectivity index (χ1) is 11.9. The van der Waals surface area contributed by atoms with Crippen LogP contribution >= 0.6 is 0 Å². The number of benzene rings is 1. The summed E-state index contributed by atoms with van der Waals surface area (Å²) >= 11 is 0. The van der Waals surface area contributed by atoms with Crippen molar-refractivity contribution in [2.45, 2.75) is 39.5 Å². The highest BCUT2D eigenvalue weighted by Crippen LogP contribution is 2.31. The van der Waals surface area contributed by atoms with E-state index in [2.05, 4.69) is 5.32 Å². The van der Waals surface area contributed by atoms with E-state index in [4.69, 9.17) is 4.74 Å². The zero-order valence-electron chi connectivity index (χ0n) is 14.7. The van der Waals surface area contributed by atoms with E-state index in [-0.39, 0.29) is 11.8 Å². The van der Waals surface area contributed by atoms with Crippen LogP contribution in [-0.2, 0) is 14.3 Å². The predicted molar refractivity (Wildman–Crippen MR) is 93.3 cm³/mol. The Bertz CT molecular complexity index is 623. The SMILES string of the molecule is CC(C)COC(=O)c1ccc(NC(=O)C2CCCCC2C(=O)O)cc1. The zero-order chi connectivity index (χ0) is 18.4. The second-order valence-electron chi connectivity index (χ2n) is 6.89. The van der Waals surface area contributed by atoms with Gasteiger partial charge in [0.1, 0.15) is 0 Å². The number of ether oxygens (including phenoxy) is 1. The summed E-state index contributed by atoms with van der Waals surface area (Å²) in [6, 6.07) is 6.44. The minimum absolute atomic E-state index is 0.264. The third-order valence-electron chi connectivity index (χ3n) is 4.36. The Morgan fingerprint density at radius 2 is 1.72 bits per heavy atom. The molecule has 1 aliphatic rings. The Morgan fingerprint density at radius 1 is 1.12 bits per heavy atom. The molecule has 0 aliphatic heterocycles. The van der Waals surface area contributed by atoms with Gasteiger partial charge in [-0.3, -0.25) is 9.59 Å². The smallest absolute Gasteiger partial charge is 0.338 e. The Morgan fingerprint density at radius 3 is 2.28 bits per heavy atom. The first kappa shape index (κ1) is 19.0. The van der Waals surface area contributed by atoms with Gasteiger partial charge in [-0.1, -0.05) is 26.7 Å². The van der Waals surface area contributed by atoms with E-state index in [1.165, 1.54) is 0 Å². The molecule has 2 N–H and O–H groups in total. The summed E-state index contributed by atoms with van der Waals surface area (Å²) in [6.45, 7) is 4.28. The molecule has 1 saturated carbocycles. The van der Waals surface area contributed by atoms with Crippen molar-refractivity contribution in [1.29, 1.82) is 0 Å². The minimum Gasteiger partial charge on any atom is -0.481 e. The summed E-state index contributed by atoms with van der Waals surface area (Å²) < 4.78 is 5.15. The van der Waals surface area contributed by atoms with Crippen molar-refractivity contribution in [3.05, 3.63) is 29.8 Å². The van der Waals surface area contributed by atoms with Crippen molar-refractivity contribution >= 4 is 23.5 Å². The summed E-state index contributed by atoms with van der Waals surface area (Å²) in [4.78, 5) is 35.6. The third-order valence-corrected chi connectivity index (χ3v) is 4.36. The van der Waals surface area contributed by atoms with Crippen LogP contribution in [0.2, 0.25) is 0 Å². The van der Waals surface area contributed by atoms with Gasteiger partial charge in [0, 0.05) is 5.69 Å². The number of carboxylic acids is 1. The number of hydrogen-bond donors (Lipinski definition) is 2.